The molecule has 0 saturated heterocycles. The molecule has 2 aromatic carbocycles. The first-order valence-electron chi connectivity index (χ1n) is 8.52. The summed E-state index contributed by atoms with van der Waals surface area (Å²) >= 11 is 1.26. The zero-order chi connectivity index (χ0) is 19.6. The molecule has 0 radical (unpaired) electrons. The number of nitrogens with zero attached hydrogens (tertiary/aromatic N) is 3. The predicted octanol–water partition coefficient (Wildman–Crippen LogP) is 4.16. The standard InChI is InChI=1S/C19H19N3O4S/c1-4-21-16-10-7-14(22(24)25)11-17(16)27-19(21)20-18(23)13-5-8-15(9-6-13)26-12(2)3/h5-12H,4H2,1-3H3. The van der Waals surface area contributed by atoms with Gasteiger partial charge in [0.25, 0.3) is 11.6 Å². The first kappa shape index (κ1) is 18.8. The van der Waals surface area contributed by atoms with E-state index in [4.69, 9.17) is 4.74 Å². The largest absolute Gasteiger partial charge is 0.491 e. The monoisotopic (exact) mass is 385 g/mol. The molecule has 1 amide bonds. The van der Waals surface area contributed by atoms with Gasteiger partial charge in [-0.1, -0.05) is 11.3 Å². The molecule has 0 aliphatic heterocycles. The summed E-state index contributed by atoms with van der Waals surface area (Å²) in [4.78, 5) is 27.8. The number of non-ortho nitro benzene ring substituents is 1. The molecular weight excluding hydrogens is 366 g/mol. The number of aromatic nitrogens is 1. The maximum absolute atomic E-state index is 12.5. The molecule has 0 unspecified atom stereocenters. The number of thiazole rings is 1. The second kappa shape index (κ2) is 7.71. The van der Waals surface area contributed by atoms with E-state index in [1.165, 1.54) is 23.5 Å². The molecule has 0 spiro atoms. The summed E-state index contributed by atoms with van der Waals surface area (Å²) < 4.78 is 8.17. The first-order valence-corrected chi connectivity index (χ1v) is 9.34. The zero-order valence-electron chi connectivity index (χ0n) is 15.2. The fourth-order valence-electron chi connectivity index (χ4n) is 2.67. The van der Waals surface area contributed by atoms with Gasteiger partial charge in [0, 0.05) is 24.2 Å². The van der Waals surface area contributed by atoms with Gasteiger partial charge in [-0.2, -0.15) is 4.99 Å². The van der Waals surface area contributed by atoms with E-state index < -0.39 is 4.92 Å². The normalized spacial score (nSPS) is 11.9. The molecule has 0 bridgehead atoms. The minimum Gasteiger partial charge on any atom is -0.491 e. The molecule has 27 heavy (non-hydrogen) atoms. The average molecular weight is 385 g/mol. The minimum absolute atomic E-state index is 0.0191. The van der Waals surface area contributed by atoms with Gasteiger partial charge in [-0.15, -0.1) is 0 Å². The Morgan fingerprint density at radius 1 is 1.26 bits per heavy atom. The summed E-state index contributed by atoms with van der Waals surface area (Å²) in [6, 6.07) is 11.5. The van der Waals surface area contributed by atoms with Crippen LogP contribution in [-0.2, 0) is 6.54 Å². The highest BCUT2D eigenvalue weighted by Crippen LogP contribution is 2.23. The van der Waals surface area contributed by atoms with E-state index in [1.807, 2.05) is 25.3 Å². The molecule has 0 aliphatic rings. The summed E-state index contributed by atoms with van der Waals surface area (Å²) in [5.74, 6) is 0.327. The lowest BCUT2D eigenvalue weighted by molar-refractivity contribution is -0.384. The van der Waals surface area contributed by atoms with Crippen LogP contribution in [0.25, 0.3) is 10.2 Å². The van der Waals surface area contributed by atoms with Crippen molar-refractivity contribution >= 4 is 33.1 Å². The summed E-state index contributed by atoms with van der Waals surface area (Å²) in [6.07, 6.45) is 0.0577. The highest BCUT2D eigenvalue weighted by molar-refractivity contribution is 7.16. The zero-order valence-corrected chi connectivity index (χ0v) is 16.0. The van der Waals surface area contributed by atoms with Crippen molar-refractivity contribution in [1.29, 1.82) is 0 Å². The maximum Gasteiger partial charge on any atom is 0.279 e. The Bertz CT molecular complexity index is 1060. The highest BCUT2D eigenvalue weighted by atomic mass is 32.1. The summed E-state index contributed by atoms with van der Waals surface area (Å²) in [6.45, 7) is 6.41. The van der Waals surface area contributed by atoms with Crippen LogP contribution in [0, 0.1) is 10.1 Å². The number of nitro benzene ring substituents is 1. The van der Waals surface area contributed by atoms with Crippen molar-refractivity contribution in [1.82, 2.24) is 4.57 Å². The molecule has 8 heteroatoms. The number of ether oxygens (including phenoxy) is 1. The van der Waals surface area contributed by atoms with Gasteiger partial charge in [-0.25, -0.2) is 0 Å². The SMILES string of the molecule is CCn1c(=NC(=O)c2ccc(OC(C)C)cc2)sc2cc([N+](=O)[O-])ccc21. The Morgan fingerprint density at radius 3 is 2.56 bits per heavy atom. The molecule has 3 aromatic rings. The van der Waals surface area contributed by atoms with Crippen LogP contribution in [0.2, 0.25) is 0 Å². The number of carbonyl (C=O) groups excluding carboxylic acids is 1. The number of hydrogen-bond acceptors (Lipinski definition) is 5. The number of carbonyl (C=O) groups is 1. The van der Waals surface area contributed by atoms with Gasteiger partial charge in [0.2, 0.25) is 0 Å². The third-order valence-electron chi connectivity index (χ3n) is 3.86. The van der Waals surface area contributed by atoms with Gasteiger partial charge >= 0.3 is 0 Å². The molecule has 0 N–H and O–H groups in total. The first-order chi connectivity index (χ1) is 12.9. The Hall–Kier alpha value is -3.00. The van der Waals surface area contributed by atoms with Crippen LogP contribution in [0.4, 0.5) is 5.69 Å². The number of nitro groups is 1. The molecule has 0 aliphatic carbocycles. The van der Waals surface area contributed by atoms with Crippen LogP contribution >= 0.6 is 11.3 Å². The van der Waals surface area contributed by atoms with E-state index in [1.54, 1.807) is 30.3 Å². The van der Waals surface area contributed by atoms with E-state index in [-0.39, 0.29) is 17.7 Å². The van der Waals surface area contributed by atoms with Crippen LogP contribution in [0.1, 0.15) is 31.1 Å². The molecule has 1 heterocycles. The summed E-state index contributed by atoms with van der Waals surface area (Å²) in [5, 5.41) is 11.0. The van der Waals surface area contributed by atoms with E-state index in [0.717, 1.165) is 10.2 Å². The second-order valence-corrected chi connectivity index (χ2v) is 7.16. The minimum atomic E-state index is -0.432. The molecule has 7 nitrogen and oxygen atoms in total. The van der Waals surface area contributed by atoms with Crippen LogP contribution in [-0.4, -0.2) is 21.5 Å². The van der Waals surface area contributed by atoms with Crippen LogP contribution in [0.3, 0.4) is 0 Å². The van der Waals surface area contributed by atoms with E-state index >= 15 is 0 Å². The number of fused-ring (bicyclic) bond motifs is 1. The molecule has 0 atom stereocenters. The van der Waals surface area contributed by atoms with Gasteiger partial charge < -0.3 is 9.30 Å². The van der Waals surface area contributed by atoms with Crippen molar-refractivity contribution in [2.24, 2.45) is 4.99 Å². The van der Waals surface area contributed by atoms with Crippen molar-refractivity contribution in [3.05, 3.63) is 62.9 Å². The van der Waals surface area contributed by atoms with Gasteiger partial charge in [0.05, 0.1) is 21.2 Å². The third-order valence-corrected chi connectivity index (χ3v) is 4.90. The van der Waals surface area contributed by atoms with Gasteiger partial charge in [0.1, 0.15) is 5.75 Å². The van der Waals surface area contributed by atoms with E-state index in [9.17, 15) is 14.9 Å². The fourth-order valence-corrected chi connectivity index (χ4v) is 3.79. The van der Waals surface area contributed by atoms with Gasteiger partial charge in [-0.05, 0) is 51.1 Å². The lowest BCUT2D eigenvalue weighted by Gasteiger charge is -2.09. The topological polar surface area (TPSA) is 86.7 Å². The quantitative estimate of drug-likeness (QED) is 0.487. The molecular formula is C19H19N3O4S. The molecule has 3 rings (SSSR count). The Morgan fingerprint density at radius 2 is 1.96 bits per heavy atom. The van der Waals surface area contributed by atoms with Crippen molar-refractivity contribution in [2.45, 2.75) is 33.4 Å². The smallest absolute Gasteiger partial charge is 0.279 e. The number of rotatable bonds is 5. The van der Waals surface area contributed by atoms with Gasteiger partial charge in [-0.3, -0.25) is 14.9 Å². The van der Waals surface area contributed by atoms with Crippen LogP contribution in [0.15, 0.2) is 47.5 Å². The van der Waals surface area contributed by atoms with E-state index in [2.05, 4.69) is 4.99 Å². The van der Waals surface area contributed by atoms with E-state index in [0.29, 0.717) is 22.7 Å². The molecule has 1 aromatic heterocycles. The fraction of sp³-hybridized carbons (Fsp3) is 0.263. The van der Waals surface area contributed by atoms with Crippen molar-refractivity contribution in [3.63, 3.8) is 0 Å². The number of amides is 1. The highest BCUT2D eigenvalue weighted by Gasteiger charge is 2.12. The molecule has 140 valence electrons. The average Bonchev–Trinajstić information content (AvgIpc) is 2.97. The Labute approximate surface area is 159 Å². The second-order valence-electron chi connectivity index (χ2n) is 6.15. The Balaban J connectivity index is 1.99. The summed E-state index contributed by atoms with van der Waals surface area (Å²) in [7, 11) is 0. The summed E-state index contributed by atoms with van der Waals surface area (Å²) in [5.41, 5.74) is 1.29. The lowest BCUT2D eigenvalue weighted by atomic mass is 10.2. The van der Waals surface area contributed by atoms with Crippen molar-refractivity contribution in [2.75, 3.05) is 0 Å². The molecule has 0 fully saturated rings. The number of aryl methyl sites for hydroxylation is 1. The predicted molar refractivity (Wildman–Crippen MR) is 104 cm³/mol. The van der Waals surface area contributed by atoms with Crippen LogP contribution in [0.5, 0.6) is 5.75 Å². The molecule has 0 saturated carbocycles. The van der Waals surface area contributed by atoms with Crippen molar-refractivity contribution in [3.8, 4) is 5.75 Å². The Kier molecular flexibility index (Phi) is 5.36. The number of hydrogen-bond donors (Lipinski definition) is 0. The van der Waals surface area contributed by atoms with Gasteiger partial charge in [0.15, 0.2) is 4.80 Å². The lowest BCUT2D eigenvalue weighted by Crippen LogP contribution is -2.15. The van der Waals surface area contributed by atoms with Crippen LogP contribution < -0.4 is 9.54 Å². The maximum atomic E-state index is 12.5. The number of benzene rings is 2. The third kappa shape index (κ3) is 4.06. The van der Waals surface area contributed by atoms with Crippen molar-refractivity contribution < 1.29 is 14.5 Å².